The van der Waals surface area contributed by atoms with Crippen LogP contribution in [0.25, 0.3) is 11.6 Å². The third-order valence-corrected chi connectivity index (χ3v) is 2.51. The molecule has 0 aromatic carbocycles. The fourth-order valence-corrected chi connectivity index (χ4v) is 1.57. The summed E-state index contributed by atoms with van der Waals surface area (Å²) in [5, 5.41) is 14.4. The predicted molar refractivity (Wildman–Crippen MR) is 66.0 cm³/mol. The van der Waals surface area contributed by atoms with E-state index in [0.717, 1.165) is 5.69 Å². The molecule has 3 heterocycles. The molecule has 0 aliphatic rings. The zero-order valence-electron chi connectivity index (χ0n) is 10.4. The molecule has 0 spiro atoms. The lowest BCUT2D eigenvalue weighted by Gasteiger charge is -2.01. The number of H-pyrrole nitrogens is 1. The van der Waals surface area contributed by atoms with Crippen molar-refractivity contribution in [3.63, 3.8) is 0 Å². The van der Waals surface area contributed by atoms with E-state index < -0.39 is 0 Å². The summed E-state index contributed by atoms with van der Waals surface area (Å²) in [6.45, 7) is 0.362. The van der Waals surface area contributed by atoms with Crippen LogP contribution in [0.1, 0.15) is 5.69 Å². The van der Waals surface area contributed by atoms with Gasteiger partial charge in [0.25, 0.3) is 0 Å². The molecule has 0 fully saturated rings. The Labute approximate surface area is 113 Å². The number of carbonyl (C=O) groups excluding carboxylic acids is 1. The molecule has 1 amide bonds. The molecule has 0 atom stereocenters. The minimum atomic E-state index is -0.219. The molecule has 0 saturated carbocycles. The number of hydrogen-bond donors (Lipinski definition) is 2. The predicted octanol–water partition coefficient (Wildman–Crippen LogP) is -0.0274. The first-order valence-corrected chi connectivity index (χ1v) is 5.87. The Bertz CT molecular complexity index is 672. The van der Waals surface area contributed by atoms with Crippen molar-refractivity contribution in [3.8, 4) is 11.6 Å². The van der Waals surface area contributed by atoms with Crippen LogP contribution in [-0.4, -0.2) is 36.1 Å². The van der Waals surface area contributed by atoms with Crippen molar-refractivity contribution in [2.24, 2.45) is 0 Å². The molecule has 0 radical (unpaired) electrons. The minimum absolute atomic E-state index is 0.0121. The molecular weight excluding hydrogens is 262 g/mol. The van der Waals surface area contributed by atoms with Gasteiger partial charge in [0, 0.05) is 6.20 Å². The van der Waals surface area contributed by atoms with Crippen LogP contribution < -0.4 is 5.32 Å². The minimum Gasteiger partial charge on any atom is -0.461 e. The fraction of sp³-hybridized carbons (Fsp3) is 0.182. The first-order valence-electron chi connectivity index (χ1n) is 5.87. The lowest BCUT2D eigenvalue weighted by Crippen LogP contribution is -2.28. The van der Waals surface area contributed by atoms with Gasteiger partial charge < -0.3 is 14.7 Å². The zero-order chi connectivity index (χ0) is 13.8. The lowest BCUT2D eigenvalue weighted by atomic mass is 10.4. The van der Waals surface area contributed by atoms with Crippen LogP contribution in [-0.2, 0) is 17.9 Å². The second-order valence-electron chi connectivity index (χ2n) is 3.97. The van der Waals surface area contributed by atoms with Crippen LogP contribution in [0.4, 0.5) is 0 Å². The number of nitrogens with one attached hydrogen (secondary N) is 2. The summed E-state index contributed by atoms with van der Waals surface area (Å²) >= 11 is 0. The molecule has 2 N–H and O–H groups in total. The molecule has 9 heteroatoms. The highest BCUT2D eigenvalue weighted by Crippen LogP contribution is 2.12. The number of hydrogen-bond acceptors (Lipinski definition) is 6. The number of amides is 1. The first kappa shape index (κ1) is 12.1. The van der Waals surface area contributed by atoms with Crippen molar-refractivity contribution in [2.75, 3.05) is 0 Å². The number of aromatic nitrogens is 6. The van der Waals surface area contributed by atoms with Gasteiger partial charge in [0.2, 0.25) is 11.7 Å². The van der Waals surface area contributed by atoms with Gasteiger partial charge in [0.15, 0.2) is 5.76 Å². The highest BCUT2D eigenvalue weighted by Gasteiger charge is 2.10. The monoisotopic (exact) mass is 273 g/mol. The van der Waals surface area contributed by atoms with Gasteiger partial charge in [0.05, 0.1) is 24.8 Å². The summed E-state index contributed by atoms with van der Waals surface area (Å²) in [6, 6.07) is 3.45. The second kappa shape index (κ2) is 5.34. The topological polar surface area (TPSA) is 115 Å². The van der Waals surface area contributed by atoms with E-state index >= 15 is 0 Å². The maximum atomic E-state index is 11.7. The highest BCUT2D eigenvalue weighted by atomic mass is 16.3. The van der Waals surface area contributed by atoms with Gasteiger partial charge >= 0.3 is 0 Å². The first-order chi connectivity index (χ1) is 9.81. The van der Waals surface area contributed by atoms with E-state index in [4.69, 9.17) is 4.42 Å². The molecule has 20 heavy (non-hydrogen) atoms. The lowest BCUT2D eigenvalue weighted by molar-refractivity contribution is -0.122. The van der Waals surface area contributed by atoms with Gasteiger partial charge in [-0.3, -0.25) is 4.79 Å². The van der Waals surface area contributed by atoms with Crippen LogP contribution in [0.3, 0.4) is 0 Å². The number of imidazole rings is 1. The highest BCUT2D eigenvalue weighted by molar-refractivity contribution is 5.75. The van der Waals surface area contributed by atoms with Crippen molar-refractivity contribution in [3.05, 3.63) is 36.6 Å². The number of tetrazole rings is 1. The van der Waals surface area contributed by atoms with Gasteiger partial charge in [-0.05, 0) is 17.3 Å². The molecule has 0 saturated heterocycles. The SMILES string of the molecule is O=C(Cn1nnc(-c2ccco2)n1)NCc1cnc[nH]1. The Kier molecular flexibility index (Phi) is 3.23. The third-order valence-electron chi connectivity index (χ3n) is 2.51. The molecule has 0 aliphatic carbocycles. The molecular formula is C11H11N7O2. The summed E-state index contributed by atoms with van der Waals surface area (Å²) in [7, 11) is 0. The Morgan fingerprint density at radius 1 is 1.50 bits per heavy atom. The van der Waals surface area contributed by atoms with Crippen molar-refractivity contribution < 1.29 is 9.21 Å². The molecule has 102 valence electrons. The number of furan rings is 1. The fourth-order valence-electron chi connectivity index (χ4n) is 1.57. The van der Waals surface area contributed by atoms with Gasteiger partial charge in [-0.15, -0.1) is 10.2 Å². The maximum Gasteiger partial charge on any atom is 0.243 e. The molecule has 3 rings (SSSR count). The van der Waals surface area contributed by atoms with E-state index in [2.05, 4.69) is 30.7 Å². The van der Waals surface area contributed by atoms with Gasteiger partial charge in [0.1, 0.15) is 6.54 Å². The van der Waals surface area contributed by atoms with Crippen LogP contribution in [0, 0.1) is 0 Å². The van der Waals surface area contributed by atoms with E-state index in [1.54, 1.807) is 24.7 Å². The standard InChI is InChI=1S/C11H11N7O2/c19-10(13-5-8-4-12-7-14-8)6-18-16-11(15-17-18)9-2-1-3-20-9/h1-4,7H,5-6H2,(H,12,14)(H,13,19). The molecule has 3 aromatic heterocycles. The third kappa shape index (κ3) is 2.71. The van der Waals surface area contributed by atoms with Crippen LogP contribution in [0.15, 0.2) is 35.3 Å². The molecule has 0 unspecified atom stereocenters. The Morgan fingerprint density at radius 3 is 3.20 bits per heavy atom. The van der Waals surface area contributed by atoms with E-state index in [1.807, 2.05) is 0 Å². The average Bonchev–Trinajstić information content (AvgIpc) is 3.18. The van der Waals surface area contributed by atoms with Gasteiger partial charge in [-0.25, -0.2) is 4.98 Å². The Hall–Kier alpha value is -2.97. The summed E-state index contributed by atoms with van der Waals surface area (Å²) in [5.41, 5.74) is 0.821. The number of nitrogens with zero attached hydrogens (tertiary/aromatic N) is 5. The van der Waals surface area contributed by atoms with Gasteiger partial charge in [-0.1, -0.05) is 0 Å². The zero-order valence-corrected chi connectivity index (χ0v) is 10.4. The maximum absolute atomic E-state index is 11.7. The average molecular weight is 273 g/mol. The van der Waals surface area contributed by atoms with E-state index in [-0.39, 0.29) is 12.5 Å². The molecule has 0 bridgehead atoms. The Morgan fingerprint density at radius 2 is 2.45 bits per heavy atom. The number of carbonyl (C=O) groups is 1. The smallest absolute Gasteiger partial charge is 0.243 e. The van der Waals surface area contributed by atoms with Gasteiger partial charge in [-0.2, -0.15) is 4.80 Å². The van der Waals surface area contributed by atoms with E-state index in [9.17, 15) is 4.79 Å². The van der Waals surface area contributed by atoms with E-state index in [1.165, 1.54) is 11.1 Å². The van der Waals surface area contributed by atoms with Crippen molar-refractivity contribution in [1.29, 1.82) is 0 Å². The summed E-state index contributed by atoms with van der Waals surface area (Å²) in [4.78, 5) is 19.7. The van der Waals surface area contributed by atoms with E-state index in [0.29, 0.717) is 18.1 Å². The summed E-state index contributed by atoms with van der Waals surface area (Å²) in [6.07, 6.45) is 4.71. The van der Waals surface area contributed by atoms with Crippen molar-refractivity contribution in [1.82, 2.24) is 35.5 Å². The summed E-state index contributed by atoms with van der Waals surface area (Å²) < 4.78 is 5.14. The molecule has 3 aromatic rings. The number of aromatic amines is 1. The molecule has 9 nitrogen and oxygen atoms in total. The van der Waals surface area contributed by atoms with Crippen LogP contribution >= 0.6 is 0 Å². The van der Waals surface area contributed by atoms with Crippen LogP contribution in [0.5, 0.6) is 0 Å². The molecule has 0 aliphatic heterocycles. The van der Waals surface area contributed by atoms with Crippen LogP contribution in [0.2, 0.25) is 0 Å². The second-order valence-corrected chi connectivity index (χ2v) is 3.97. The number of rotatable bonds is 5. The largest absolute Gasteiger partial charge is 0.461 e. The quantitative estimate of drug-likeness (QED) is 0.674. The normalized spacial score (nSPS) is 10.6. The Balaban J connectivity index is 1.56. The van der Waals surface area contributed by atoms with Crippen molar-refractivity contribution >= 4 is 5.91 Å². The summed E-state index contributed by atoms with van der Waals surface area (Å²) in [5.74, 6) is 0.633. The van der Waals surface area contributed by atoms with Crippen molar-refractivity contribution in [2.45, 2.75) is 13.1 Å².